The van der Waals surface area contributed by atoms with E-state index in [1.165, 1.54) is 20.9 Å². The molecule has 1 aromatic carbocycles. The van der Waals surface area contributed by atoms with Crippen molar-refractivity contribution < 1.29 is 0 Å². The first-order valence-electron chi connectivity index (χ1n) is 6.78. The summed E-state index contributed by atoms with van der Waals surface area (Å²) in [4.78, 5) is 2.72. The first-order chi connectivity index (χ1) is 9.52. The van der Waals surface area contributed by atoms with Crippen LogP contribution in [-0.4, -0.2) is 6.54 Å². The molecule has 20 heavy (non-hydrogen) atoms. The lowest BCUT2D eigenvalue weighted by molar-refractivity contribution is 0.604. The fourth-order valence-corrected chi connectivity index (χ4v) is 4.16. The fourth-order valence-electron chi connectivity index (χ4n) is 2.14. The summed E-state index contributed by atoms with van der Waals surface area (Å²) in [7, 11) is 0. The topological polar surface area (TPSA) is 12.0 Å². The maximum Gasteiger partial charge on any atom is 0.0682 e. The average Bonchev–Trinajstić information content (AvgIpc) is 2.82. The minimum Gasteiger partial charge on any atom is -0.306 e. The van der Waals surface area contributed by atoms with Gasteiger partial charge in [-0.3, -0.25) is 0 Å². The highest BCUT2D eigenvalue weighted by Gasteiger charge is 2.18. The quantitative estimate of drug-likeness (QED) is 0.632. The van der Waals surface area contributed by atoms with Gasteiger partial charge in [0.05, 0.1) is 6.04 Å². The first kappa shape index (κ1) is 16.2. The van der Waals surface area contributed by atoms with Crippen molar-refractivity contribution >= 4 is 43.2 Å². The number of benzene rings is 1. The summed E-state index contributed by atoms with van der Waals surface area (Å²) in [6.45, 7) is 7.48. The van der Waals surface area contributed by atoms with Crippen molar-refractivity contribution in [2.45, 2.75) is 33.2 Å². The molecule has 108 valence electrons. The van der Waals surface area contributed by atoms with Gasteiger partial charge in [-0.1, -0.05) is 38.8 Å². The van der Waals surface area contributed by atoms with Gasteiger partial charge < -0.3 is 5.32 Å². The third kappa shape index (κ3) is 3.73. The summed E-state index contributed by atoms with van der Waals surface area (Å²) < 4.78 is 2.32. The number of rotatable bonds is 5. The molecule has 0 saturated carbocycles. The maximum atomic E-state index is 3.72. The molecule has 1 aromatic heterocycles. The van der Waals surface area contributed by atoms with Crippen molar-refractivity contribution in [2.75, 3.05) is 6.54 Å². The van der Waals surface area contributed by atoms with E-state index in [4.69, 9.17) is 0 Å². The molecule has 0 spiro atoms. The molecule has 2 aromatic rings. The van der Waals surface area contributed by atoms with Crippen LogP contribution in [0.4, 0.5) is 0 Å². The summed E-state index contributed by atoms with van der Waals surface area (Å²) in [6.07, 6.45) is 1.13. The third-order valence-corrected chi connectivity index (χ3v) is 5.84. The predicted molar refractivity (Wildman–Crippen MR) is 95.8 cm³/mol. The summed E-state index contributed by atoms with van der Waals surface area (Å²) in [5.41, 5.74) is 2.54. The zero-order valence-electron chi connectivity index (χ0n) is 12.0. The Balaban J connectivity index is 2.43. The molecule has 0 amide bonds. The van der Waals surface area contributed by atoms with Gasteiger partial charge in [0, 0.05) is 18.7 Å². The van der Waals surface area contributed by atoms with Crippen LogP contribution in [0.2, 0.25) is 0 Å². The molecule has 1 nitrogen and oxygen atoms in total. The number of hydrogen-bond acceptors (Lipinski definition) is 2. The zero-order valence-corrected chi connectivity index (χ0v) is 16.0. The van der Waals surface area contributed by atoms with Crippen LogP contribution >= 0.6 is 43.2 Å². The van der Waals surface area contributed by atoms with Gasteiger partial charge in [0.15, 0.2) is 0 Å². The van der Waals surface area contributed by atoms with Crippen LogP contribution in [0.25, 0.3) is 0 Å². The zero-order chi connectivity index (χ0) is 14.7. The summed E-state index contributed by atoms with van der Waals surface area (Å²) >= 11 is 9.23. The van der Waals surface area contributed by atoms with E-state index < -0.39 is 0 Å². The Morgan fingerprint density at radius 3 is 2.50 bits per heavy atom. The van der Waals surface area contributed by atoms with Crippen LogP contribution in [0.5, 0.6) is 0 Å². The molecule has 0 bridgehead atoms. The summed E-state index contributed by atoms with van der Waals surface area (Å²) in [5.74, 6) is 0. The third-order valence-electron chi connectivity index (χ3n) is 3.23. The molecule has 0 saturated heterocycles. The number of halogens is 2. The molecule has 0 radical (unpaired) electrons. The molecular weight excluding hydrogens is 398 g/mol. The van der Waals surface area contributed by atoms with Crippen LogP contribution in [0.15, 0.2) is 33.2 Å². The van der Waals surface area contributed by atoms with Crippen LogP contribution < -0.4 is 5.32 Å². The molecule has 2 rings (SSSR count). The Morgan fingerprint density at radius 1 is 1.15 bits per heavy atom. The van der Waals surface area contributed by atoms with Crippen LogP contribution in [-0.2, 0) is 0 Å². The van der Waals surface area contributed by atoms with Gasteiger partial charge in [0.25, 0.3) is 0 Å². The Kier molecular flexibility index (Phi) is 5.84. The number of thiophene rings is 1. The molecular formula is C16H19Br2NS. The second-order valence-electron chi connectivity index (χ2n) is 4.96. The second-order valence-corrected chi connectivity index (χ2v) is 7.99. The Hall–Kier alpha value is -0.160. The van der Waals surface area contributed by atoms with E-state index in [1.807, 2.05) is 11.3 Å². The highest BCUT2D eigenvalue weighted by Crippen LogP contribution is 2.35. The van der Waals surface area contributed by atoms with E-state index in [1.54, 1.807) is 0 Å². The lowest BCUT2D eigenvalue weighted by atomic mass is 10.0. The van der Waals surface area contributed by atoms with Gasteiger partial charge in [-0.15, -0.1) is 11.3 Å². The smallest absolute Gasteiger partial charge is 0.0682 e. The number of nitrogens with one attached hydrogen (secondary N) is 1. The van der Waals surface area contributed by atoms with E-state index in [0.29, 0.717) is 0 Å². The molecule has 0 aliphatic heterocycles. The Labute approximate surface area is 142 Å². The summed E-state index contributed by atoms with van der Waals surface area (Å²) in [6, 6.07) is 9.08. The van der Waals surface area contributed by atoms with Gasteiger partial charge in [-0.2, -0.15) is 0 Å². The molecule has 1 N–H and O–H groups in total. The lowest BCUT2D eigenvalue weighted by Gasteiger charge is -2.20. The van der Waals surface area contributed by atoms with Crippen molar-refractivity contribution in [3.63, 3.8) is 0 Å². The van der Waals surface area contributed by atoms with Gasteiger partial charge in [0.2, 0.25) is 0 Å². The number of hydrogen-bond donors (Lipinski definition) is 1. The van der Waals surface area contributed by atoms with Crippen molar-refractivity contribution in [1.29, 1.82) is 0 Å². The normalized spacial score (nSPS) is 12.7. The molecule has 0 aliphatic rings. The molecule has 4 heteroatoms. The number of aryl methyl sites for hydroxylation is 2. The van der Waals surface area contributed by atoms with E-state index in [0.717, 1.165) is 21.9 Å². The van der Waals surface area contributed by atoms with E-state index in [2.05, 4.69) is 82.2 Å². The van der Waals surface area contributed by atoms with Crippen LogP contribution in [0, 0.1) is 13.8 Å². The molecule has 1 unspecified atom stereocenters. The van der Waals surface area contributed by atoms with Crippen LogP contribution in [0.1, 0.15) is 40.3 Å². The molecule has 0 fully saturated rings. The van der Waals surface area contributed by atoms with Gasteiger partial charge in [-0.05, 0) is 62.2 Å². The Morgan fingerprint density at radius 2 is 1.90 bits per heavy atom. The minimum absolute atomic E-state index is 0.250. The largest absolute Gasteiger partial charge is 0.306 e. The lowest BCUT2D eigenvalue weighted by Crippen LogP contribution is -2.22. The van der Waals surface area contributed by atoms with Gasteiger partial charge in [0.1, 0.15) is 0 Å². The van der Waals surface area contributed by atoms with E-state index in [9.17, 15) is 0 Å². The second kappa shape index (κ2) is 7.21. The fraction of sp³-hybridized carbons (Fsp3) is 0.375. The van der Waals surface area contributed by atoms with Crippen molar-refractivity contribution in [3.8, 4) is 0 Å². The van der Waals surface area contributed by atoms with E-state index in [-0.39, 0.29) is 6.04 Å². The molecule has 1 atom stereocenters. The van der Waals surface area contributed by atoms with Crippen LogP contribution in [0.3, 0.4) is 0 Å². The average molecular weight is 417 g/mol. The summed E-state index contributed by atoms with van der Waals surface area (Å²) in [5, 5.41) is 3.66. The molecule has 1 heterocycles. The first-order valence-corrected chi connectivity index (χ1v) is 9.18. The standard InChI is InChI=1S/C16H19Br2NS/c1-4-7-19-16(15-6-5-11(3)20-15)12-9-13(17)10(2)8-14(12)18/h5-6,8-9,16,19H,4,7H2,1-3H3. The van der Waals surface area contributed by atoms with E-state index >= 15 is 0 Å². The maximum absolute atomic E-state index is 3.72. The minimum atomic E-state index is 0.250. The van der Waals surface area contributed by atoms with Gasteiger partial charge >= 0.3 is 0 Å². The molecule has 0 aliphatic carbocycles. The predicted octanol–water partition coefficient (Wildman–Crippen LogP) is 5.98. The Bertz CT molecular complexity index is 592. The van der Waals surface area contributed by atoms with Crippen molar-refractivity contribution in [1.82, 2.24) is 5.32 Å². The SMILES string of the molecule is CCCNC(c1ccc(C)s1)c1cc(Br)c(C)cc1Br. The highest BCUT2D eigenvalue weighted by molar-refractivity contribution is 9.11. The van der Waals surface area contributed by atoms with Crippen molar-refractivity contribution in [3.05, 3.63) is 54.1 Å². The monoisotopic (exact) mass is 415 g/mol. The van der Waals surface area contributed by atoms with Gasteiger partial charge in [-0.25, -0.2) is 0 Å². The highest BCUT2D eigenvalue weighted by atomic mass is 79.9. The van der Waals surface area contributed by atoms with Crippen molar-refractivity contribution in [2.24, 2.45) is 0 Å².